The fourth-order valence-electron chi connectivity index (χ4n) is 3.41. The van der Waals surface area contributed by atoms with Crippen molar-refractivity contribution in [2.45, 2.75) is 27.7 Å². The Kier molecular flexibility index (Phi) is 4.39. The second-order valence-electron chi connectivity index (χ2n) is 6.88. The number of carbonyl (C=O) groups excluding carboxylic acids is 1. The van der Waals surface area contributed by atoms with Crippen LogP contribution in [0, 0.1) is 27.7 Å². The molecule has 6 nitrogen and oxygen atoms in total. The number of hydrogen-bond acceptors (Lipinski definition) is 4. The van der Waals surface area contributed by atoms with Gasteiger partial charge < -0.3 is 5.32 Å². The van der Waals surface area contributed by atoms with Gasteiger partial charge in [-0.3, -0.25) is 9.78 Å². The fraction of sp³-hybridized carbons (Fsp3) is 0.182. The molecule has 0 aliphatic carbocycles. The molecule has 3 aromatic heterocycles. The Morgan fingerprint density at radius 1 is 1.00 bits per heavy atom. The van der Waals surface area contributed by atoms with Crippen molar-refractivity contribution in [1.29, 1.82) is 0 Å². The Morgan fingerprint density at radius 2 is 1.75 bits per heavy atom. The first-order chi connectivity index (χ1) is 13.5. The molecule has 1 aromatic carbocycles. The van der Waals surface area contributed by atoms with E-state index in [0.717, 1.165) is 39.4 Å². The topological polar surface area (TPSA) is 72.7 Å². The second-order valence-corrected chi connectivity index (χ2v) is 6.88. The summed E-state index contributed by atoms with van der Waals surface area (Å²) in [5, 5.41) is 8.43. The molecule has 0 aliphatic heterocycles. The van der Waals surface area contributed by atoms with Crippen molar-refractivity contribution < 1.29 is 4.79 Å². The van der Waals surface area contributed by atoms with Gasteiger partial charge in [0, 0.05) is 11.9 Å². The van der Waals surface area contributed by atoms with Crippen molar-refractivity contribution in [1.82, 2.24) is 19.7 Å². The van der Waals surface area contributed by atoms with Crippen LogP contribution in [0.1, 0.15) is 33.0 Å². The Balaban J connectivity index is 1.86. The summed E-state index contributed by atoms with van der Waals surface area (Å²) < 4.78 is 1.79. The Bertz CT molecular complexity index is 1170. The van der Waals surface area contributed by atoms with Crippen molar-refractivity contribution >= 4 is 22.6 Å². The van der Waals surface area contributed by atoms with Gasteiger partial charge >= 0.3 is 0 Å². The minimum absolute atomic E-state index is 0.189. The lowest BCUT2D eigenvalue weighted by molar-refractivity contribution is 0.102. The number of fused-ring (bicyclic) bond motifs is 1. The van der Waals surface area contributed by atoms with Crippen molar-refractivity contribution in [3.05, 3.63) is 76.9 Å². The van der Waals surface area contributed by atoms with Gasteiger partial charge in [0.25, 0.3) is 5.91 Å². The van der Waals surface area contributed by atoms with Crippen LogP contribution in [0.5, 0.6) is 0 Å². The van der Waals surface area contributed by atoms with Gasteiger partial charge in [0.05, 0.1) is 33.7 Å². The van der Waals surface area contributed by atoms with Crippen LogP contribution in [0.25, 0.3) is 16.7 Å². The third-order valence-corrected chi connectivity index (χ3v) is 4.77. The summed E-state index contributed by atoms with van der Waals surface area (Å²) in [5.74, 6) is -0.189. The standard InChI is InChI=1S/C22H21N5O/c1-13-10-11-23-16(4)20(13)25-22(28)18-12-14(2)24-21-19(18)15(3)26-27(21)17-8-6-5-7-9-17/h5-12H,1-4H3,(H,25,28). The molecular weight excluding hydrogens is 350 g/mol. The maximum absolute atomic E-state index is 13.2. The van der Waals surface area contributed by atoms with Crippen molar-refractivity contribution in [3.8, 4) is 5.69 Å². The van der Waals surface area contributed by atoms with Gasteiger partial charge in [-0.05, 0) is 57.5 Å². The summed E-state index contributed by atoms with van der Waals surface area (Å²) in [5.41, 5.74) is 6.16. The highest BCUT2D eigenvalue weighted by Crippen LogP contribution is 2.26. The zero-order chi connectivity index (χ0) is 19.8. The normalized spacial score (nSPS) is 11.0. The average Bonchev–Trinajstić information content (AvgIpc) is 3.01. The number of aromatic nitrogens is 4. The molecule has 4 rings (SSSR count). The monoisotopic (exact) mass is 371 g/mol. The maximum Gasteiger partial charge on any atom is 0.256 e. The Hall–Kier alpha value is -3.54. The molecule has 0 fully saturated rings. The Labute approximate surface area is 163 Å². The molecule has 0 saturated carbocycles. The SMILES string of the molecule is Cc1cc(C(=O)Nc2c(C)ccnc2C)c2c(C)nn(-c3ccccc3)c2n1. The van der Waals surface area contributed by atoms with E-state index in [0.29, 0.717) is 11.2 Å². The van der Waals surface area contributed by atoms with E-state index in [1.807, 2.05) is 70.2 Å². The van der Waals surface area contributed by atoms with Crippen molar-refractivity contribution in [2.24, 2.45) is 0 Å². The van der Waals surface area contributed by atoms with Crippen LogP contribution in [-0.4, -0.2) is 25.7 Å². The number of carbonyl (C=O) groups is 1. The molecule has 4 aromatic rings. The van der Waals surface area contributed by atoms with Crippen molar-refractivity contribution in [2.75, 3.05) is 5.32 Å². The lowest BCUT2D eigenvalue weighted by atomic mass is 10.1. The molecule has 0 saturated heterocycles. The smallest absolute Gasteiger partial charge is 0.256 e. The average molecular weight is 371 g/mol. The van der Waals surface area contributed by atoms with Gasteiger partial charge in [-0.15, -0.1) is 0 Å². The van der Waals surface area contributed by atoms with Crippen LogP contribution >= 0.6 is 0 Å². The number of rotatable bonds is 3. The lowest BCUT2D eigenvalue weighted by Gasteiger charge is -2.12. The summed E-state index contributed by atoms with van der Waals surface area (Å²) >= 11 is 0. The second kappa shape index (κ2) is 6.88. The molecule has 0 atom stereocenters. The Morgan fingerprint density at radius 3 is 2.46 bits per heavy atom. The molecule has 3 heterocycles. The van der Waals surface area contributed by atoms with Gasteiger partial charge in [-0.2, -0.15) is 5.10 Å². The van der Waals surface area contributed by atoms with E-state index >= 15 is 0 Å². The molecule has 0 bridgehead atoms. The summed E-state index contributed by atoms with van der Waals surface area (Å²) in [4.78, 5) is 22.1. The first kappa shape index (κ1) is 17.9. The molecule has 28 heavy (non-hydrogen) atoms. The van der Waals surface area contributed by atoms with E-state index < -0.39 is 0 Å². The van der Waals surface area contributed by atoms with E-state index in [1.54, 1.807) is 10.9 Å². The van der Waals surface area contributed by atoms with Gasteiger partial charge in [0.1, 0.15) is 0 Å². The molecule has 1 N–H and O–H groups in total. The zero-order valence-corrected chi connectivity index (χ0v) is 16.3. The first-order valence-electron chi connectivity index (χ1n) is 9.11. The minimum Gasteiger partial charge on any atom is -0.320 e. The number of para-hydroxylation sites is 1. The number of hydrogen-bond donors (Lipinski definition) is 1. The molecular formula is C22H21N5O. The van der Waals surface area contributed by atoms with Gasteiger partial charge in [0.2, 0.25) is 0 Å². The number of amides is 1. The number of pyridine rings is 2. The van der Waals surface area contributed by atoms with Crippen LogP contribution in [0.3, 0.4) is 0 Å². The number of benzene rings is 1. The number of anilines is 1. The lowest BCUT2D eigenvalue weighted by Crippen LogP contribution is -2.15. The van der Waals surface area contributed by atoms with Crippen LogP contribution in [0.4, 0.5) is 5.69 Å². The van der Waals surface area contributed by atoms with Crippen LogP contribution in [0.2, 0.25) is 0 Å². The van der Waals surface area contributed by atoms with E-state index in [1.165, 1.54) is 0 Å². The van der Waals surface area contributed by atoms with Gasteiger partial charge in [0.15, 0.2) is 5.65 Å². The summed E-state index contributed by atoms with van der Waals surface area (Å²) in [6.45, 7) is 7.62. The molecule has 0 unspecified atom stereocenters. The van der Waals surface area contributed by atoms with E-state index in [4.69, 9.17) is 0 Å². The van der Waals surface area contributed by atoms with Crippen LogP contribution in [-0.2, 0) is 0 Å². The molecule has 1 amide bonds. The third kappa shape index (κ3) is 3.03. The minimum atomic E-state index is -0.189. The summed E-state index contributed by atoms with van der Waals surface area (Å²) in [7, 11) is 0. The summed E-state index contributed by atoms with van der Waals surface area (Å²) in [6, 6.07) is 13.5. The highest BCUT2D eigenvalue weighted by molar-refractivity contribution is 6.13. The van der Waals surface area contributed by atoms with Gasteiger partial charge in [-0.1, -0.05) is 18.2 Å². The molecule has 140 valence electrons. The molecule has 0 aliphatic rings. The quantitative estimate of drug-likeness (QED) is 0.583. The molecule has 0 radical (unpaired) electrons. The van der Waals surface area contributed by atoms with E-state index in [-0.39, 0.29) is 5.91 Å². The largest absolute Gasteiger partial charge is 0.320 e. The van der Waals surface area contributed by atoms with Crippen molar-refractivity contribution in [3.63, 3.8) is 0 Å². The number of nitrogens with zero attached hydrogens (tertiary/aromatic N) is 4. The van der Waals surface area contributed by atoms with Crippen LogP contribution < -0.4 is 5.32 Å². The molecule has 0 spiro atoms. The van der Waals surface area contributed by atoms with Gasteiger partial charge in [-0.25, -0.2) is 9.67 Å². The third-order valence-electron chi connectivity index (χ3n) is 4.77. The number of nitrogens with one attached hydrogen (secondary N) is 1. The van der Waals surface area contributed by atoms with E-state index in [9.17, 15) is 4.79 Å². The highest BCUT2D eigenvalue weighted by Gasteiger charge is 2.20. The maximum atomic E-state index is 13.2. The van der Waals surface area contributed by atoms with Crippen LogP contribution in [0.15, 0.2) is 48.7 Å². The predicted molar refractivity (Wildman–Crippen MR) is 110 cm³/mol. The summed E-state index contributed by atoms with van der Waals surface area (Å²) in [6.07, 6.45) is 1.74. The fourth-order valence-corrected chi connectivity index (χ4v) is 3.41. The predicted octanol–water partition coefficient (Wildman–Crippen LogP) is 4.30. The number of aryl methyl sites for hydroxylation is 4. The first-order valence-corrected chi connectivity index (χ1v) is 9.11. The zero-order valence-electron chi connectivity index (χ0n) is 16.3. The molecule has 6 heteroatoms. The highest BCUT2D eigenvalue weighted by atomic mass is 16.1. The van der Waals surface area contributed by atoms with E-state index in [2.05, 4.69) is 20.4 Å².